The fraction of sp³-hybridized carbons (Fsp3) is 0.235. The fourth-order valence-corrected chi connectivity index (χ4v) is 2.51. The third kappa shape index (κ3) is 2.31. The number of nitrogens with one attached hydrogen (secondary N) is 1. The van der Waals surface area contributed by atoms with Crippen molar-refractivity contribution in [3.05, 3.63) is 71.0 Å². The van der Waals surface area contributed by atoms with Gasteiger partial charge in [-0.15, -0.1) is 0 Å². The fourth-order valence-electron chi connectivity index (χ4n) is 2.51. The third-order valence-corrected chi connectivity index (χ3v) is 3.77. The Labute approximate surface area is 117 Å². The average Bonchev–Trinajstić information content (AvgIpc) is 3.20. The summed E-state index contributed by atoms with van der Waals surface area (Å²) in [5.41, 5.74) is 1.72. The molecule has 1 amide bonds. The van der Waals surface area contributed by atoms with Gasteiger partial charge < -0.3 is 5.32 Å². The molecule has 20 heavy (non-hydrogen) atoms. The third-order valence-electron chi connectivity index (χ3n) is 3.77. The number of rotatable bonds is 3. The van der Waals surface area contributed by atoms with Crippen LogP contribution in [0.5, 0.6) is 0 Å². The van der Waals surface area contributed by atoms with E-state index in [2.05, 4.69) is 5.32 Å². The smallest absolute Gasteiger partial charge is 0.251 e. The highest BCUT2D eigenvalue weighted by Gasteiger charge is 2.47. The largest absolute Gasteiger partial charge is 0.342 e. The second-order valence-corrected chi connectivity index (χ2v) is 5.39. The number of carbonyl (C=O) groups is 1. The van der Waals surface area contributed by atoms with Gasteiger partial charge in [0.2, 0.25) is 0 Å². The lowest BCUT2D eigenvalue weighted by atomic mass is 10.0. The van der Waals surface area contributed by atoms with E-state index in [4.69, 9.17) is 0 Å². The summed E-state index contributed by atoms with van der Waals surface area (Å²) in [6, 6.07) is 14.1. The zero-order chi connectivity index (χ0) is 14.2. The van der Waals surface area contributed by atoms with Crippen LogP contribution in [0.4, 0.5) is 4.39 Å². The van der Waals surface area contributed by atoms with Crippen molar-refractivity contribution in [2.75, 3.05) is 0 Å². The molecular weight excluding hydrogens is 253 g/mol. The van der Waals surface area contributed by atoms with Gasteiger partial charge >= 0.3 is 0 Å². The van der Waals surface area contributed by atoms with Gasteiger partial charge in [0, 0.05) is 11.1 Å². The van der Waals surface area contributed by atoms with Crippen LogP contribution < -0.4 is 5.32 Å². The summed E-state index contributed by atoms with van der Waals surface area (Å²) >= 11 is 0. The first-order chi connectivity index (χ1) is 9.61. The topological polar surface area (TPSA) is 29.1 Å². The molecule has 0 heterocycles. The molecule has 102 valence electrons. The number of halogens is 1. The van der Waals surface area contributed by atoms with Gasteiger partial charge in [-0.25, -0.2) is 4.39 Å². The van der Waals surface area contributed by atoms with E-state index in [1.165, 1.54) is 6.07 Å². The van der Waals surface area contributed by atoms with Crippen LogP contribution in [0.1, 0.15) is 34.3 Å². The number of hydrogen-bond acceptors (Lipinski definition) is 1. The van der Waals surface area contributed by atoms with E-state index in [1.54, 1.807) is 24.3 Å². The summed E-state index contributed by atoms with van der Waals surface area (Å²) in [5, 5.41) is 2.99. The maximum Gasteiger partial charge on any atom is 0.251 e. The van der Waals surface area contributed by atoms with Gasteiger partial charge in [-0.3, -0.25) is 4.79 Å². The number of benzene rings is 2. The Balaban J connectivity index is 1.84. The van der Waals surface area contributed by atoms with Crippen LogP contribution in [0.15, 0.2) is 48.5 Å². The van der Waals surface area contributed by atoms with Crippen molar-refractivity contribution in [1.29, 1.82) is 0 Å². The first-order valence-electron chi connectivity index (χ1n) is 6.75. The molecule has 1 saturated carbocycles. The van der Waals surface area contributed by atoms with Gasteiger partial charge in [-0.1, -0.05) is 35.9 Å². The first-order valence-corrected chi connectivity index (χ1v) is 6.75. The van der Waals surface area contributed by atoms with E-state index in [0.29, 0.717) is 11.1 Å². The predicted molar refractivity (Wildman–Crippen MR) is 76.0 cm³/mol. The Morgan fingerprint density at radius 1 is 1.15 bits per heavy atom. The number of aryl methyl sites for hydroxylation is 1. The van der Waals surface area contributed by atoms with Gasteiger partial charge in [0.15, 0.2) is 0 Å². The molecule has 3 heteroatoms. The zero-order valence-electron chi connectivity index (χ0n) is 11.3. The molecule has 0 spiro atoms. The van der Waals surface area contributed by atoms with E-state index >= 15 is 0 Å². The maximum atomic E-state index is 13.9. The minimum atomic E-state index is -0.522. The van der Waals surface area contributed by atoms with E-state index in [0.717, 1.165) is 18.4 Å². The standard InChI is InChI=1S/C17H16FNO/c1-12-5-4-6-13(11-12)16(20)19-17(9-10-17)14-7-2-3-8-15(14)18/h2-8,11H,9-10H2,1H3,(H,19,20). The van der Waals surface area contributed by atoms with Crippen molar-refractivity contribution in [2.24, 2.45) is 0 Å². The maximum absolute atomic E-state index is 13.9. The lowest BCUT2D eigenvalue weighted by molar-refractivity contribution is 0.0930. The lowest BCUT2D eigenvalue weighted by Crippen LogP contribution is -2.35. The molecule has 2 nitrogen and oxygen atoms in total. The molecule has 0 bridgehead atoms. The van der Waals surface area contributed by atoms with Crippen LogP contribution in [0.3, 0.4) is 0 Å². The van der Waals surface area contributed by atoms with Crippen LogP contribution >= 0.6 is 0 Å². The van der Waals surface area contributed by atoms with Crippen LogP contribution in [-0.4, -0.2) is 5.91 Å². The summed E-state index contributed by atoms with van der Waals surface area (Å²) in [4.78, 5) is 12.3. The highest BCUT2D eigenvalue weighted by Crippen LogP contribution is 2.46. The molecule has 1 fully saturated rings. The molecule has 0 atom stereocenters. The molecule has 1 N–H and O–H groups in total. The highest BCUT2D eigenvalue weighted by atomic mass is 19.1. The van der Waals surface area contributed by atoms with E-state index in [-0.39, 0.29) is 11.7 Å². The van der Waals surface area contributed by atoms with Crippen LogP contribution in [0, 0.1) is 12.7 Å². The number of carbonyl (C=O) groups excluding carboxylic acids is 1. The number of amides is 1. The van der Waals surface area contributed by atoms with Gasteiger partial charge in [-0.2, -0.15) is 0 Å². The molecule has 0 aliphatic heterocycles. The van der Waals surface area contributed by atoms with Crippen LogP contribution in [0.25, 0.3) is 0 Å². The molecule has 1 aliphatic rings. The minimum Gasteiger partial charge on any atom is -0.342 e. The van der Waals surface area contributed by atoms with E-state index in [9.17, 15) is 9.18 Å². The van der Waals surface area contributed by atoms with E-state index < -0.39 is 5.54 Å². The second kappa shape index (κ2) is 4.75. The van der Waals surface area contributed by atoms with Gasteiger partial charge in [0.25, 0.3) is 5.91 Å². The van der Waals surface area contributed by atoms with Gasteiger partial charge in [-0.05, 0) is 38.0 Å². The summed E-state index contributed by atoms with van der Waals surface area (Å²) in [6.45, 7) is 1.94. The predicted octanol–water partition coefficient (Wildman–Crippen LogP) is 3.55. The van der Waals surface area contributed by atoms with Crippen molar-refractivity contribution in [1.82, 2.24) is 5.32 Å². The molecule has 2 aromatic carbocycles. The van der Waals surface area contributed by atoms with Gasteiger partial charge in [0.1, 0.15) is 5.82 Å². The average molecular weight is 269 g/mol. The molecule has 2 aromatic rings. The minimum absolute atomic E-state index is 0.144. The SMILES string of the molecule is Cc1cccc(C(=O)NC2(c3ccccc3F)CC2)c1. The summed E-state index contributed by atoms with van der Waals surface area (Å²) in [6.07, 6.45) is 1.57. The Bertz CT molecular complexity index is 662. The Hall–Kier alpha value is -2.16. The van der Waals surface area contributed by atoms with Crippen molar-refractivity contribution in [3.8, 4) is 0 Å². The lowest BCUT2D eigenvalue weighted by Gasteiger charge is -2.18. The molecule has 0 radical (unpaired) electrons. The Kier molecular flexibility index (Phi) is 3.05. The molecule has 3 rings (SSSR count). The normalized spacial score (nSPS) is 15.7. The molecule has 0 aromatic heterocycles. The molecule has 0 unspecified atom stereocenters. The van der Waals surface area contributed by atoms with Crippen molar-refractivity contribution >= 4 is 5.91 Å². The molecular formula is C17H16FNO. The molecule has 1 aliphatic carbocycles. The van der Waals surface area contributed by atoms with Crippen molar-refractivity contribution in [2.45, 2.75) is 25.3 Å². The highest BCUT2D eigenvalue weighted by molar-refractivity contribution is 5.95. The Morgan fingerprint density at radius 2 is 1.90 bits per heavy atom. The summed E-state index contributed by atoms with van der Waals surface area (Å²) in [5.74, 6) is -0.399. The van der Waals surface area contributed by atoms with E-state index in [1.807, 2.05) is 25.1 Å². The second-order valence-electron chi connectivity index (χ2n) is 5.39. The summed E-state index contributed by atoms with van der Waals surface area (Å²) < 4.78 is 13.9. The van der Waals surface area contributed by atoms with Crippen LogP contribution in [0.2, 0.25) is 0 Å². The Morgan fingerprint density at radius 3 is 2.55 bits per heavy atom. The number of hydrogen-bond donors (Lipinski definition) is 1. The van der Waals surface area contributed by atoms with Gasteiger partial charge in [0.05, 0.1) is 5.54 Å². The zero-order valence-corrected chi connectivity index (χ0v) is 11.3. The van der Waals surface area contributed by atoms with Crippen molar-refractivity contribution < 1.29 is 9.18 Å². The molecule has 0 saturated heterocycles. The first kappa shape index (κ1) is 12.9. The van der Waals surface area contributed by atoms with Crippen molar-refractivity contribution in [3.63, 3.8) is 0 Å². The van der Waals surface area contributed by atoms with Crippen LogP contribution in [-0.2, 0) is 5.54 Å². The monoisotopic (exact) mass is 269 g/mol. The quantitative estimate of drug-likeness (QED) is 0.907. The summed E-state index contributed by atoms with van der Waals surface area (Å²) in [7, 11) is 0.